The summed E-state index contributed by atoms with van der Waals surface area (Å²) >= 11 is 1.92. The number of nitrogens with zero attached hydrogens (tertiary/aromatic N) is 1. The van der Waals surface area contributed by atoms with Gasteiger partial charge in [-0.1, -0.05) is 6.92 Å². The summed E-state index contributed by atoms with van der Waals surface area (Å²) in [5.41, 5.74) is 1.48. The summed E-state index contributed by atoms with van der Waals surface area (Å²) in [6, 6.07) is 2.96. The van der Waals surface area contributed by atoms with Crippen molar-refractivity contribution in [2.45, 2.75) is 46.8 Å². The predicted molar refractivity (Wildman–Crippen MR) is 73.0 cm³/mol. The summed E-state index contributed by atoms with van der Waals surface area (Å²) in [5, 5.41) is 3.38. The summed E-state index contributed by atoms with van der Waals surface area (Å²) in [6.45, 7) is 12.0. The lowest BCUT2D eigenvalue weighted by Crippen LogP contribution is -2.25. The molecular formula is C13H24N2S. The maximum Gasteiger partial charge on any atom is 0.0299 e. The zero-order valence-electron chi connectivity index (χ0n) is 11.1. The van der Waals surface area contributed by atoms with Crippen molar-refractivity contribution in [1.29, 1.82) is 0 Å². The first kappa shape index (κ1) is 13.7. The van der Waals surface area contributed by atoms with Crippen molar-refractivity contribution < 1.29 is 0 Å². The highest BCUT2D eigenvalue weighted by molar-refractivity contribution is 7.12. The quantitative estimate of drug-likeness (QED) is 0.822. The molecule has 0 radical (unpaired) electrons. The standard InChI is InChI=1S/C13H24N2S/c1-6-14-8-13-7-12(11(4)16-13)9-15(5)10(2)3/h7,10,14H,6,8-9H2,1-5H3. The molecule has 1 heterocycles. The van der Waals surface area contributed by atoms with Crippen LogP contribution in [0.25, 0.3) is 0 Å². The van der Waals surface area contributed by atoms with E-state index in [1.807, 2.05) is 11.3 Å². The Hall–Kier alpha value is -0.380. The van der Waals surface area contributed by atoms with Crippen molar-refractivity contribution in [3.8, 4) is 0 Å². The van der Waals surface area contributed by atoms with Crippen LogP contribution in [0.5, 0.6) is 0 Å². The van der Waals surface area contributed by atoms with Gasteiger partial charge in [0.25, 0.3) is 0 Å². The molecule has 0 saturated carbocycles. The molecule has 16 heavy (non-hydrogen) atoms. The summed E-state index contributed by atoms with van der Waals surface area (Å²) in [7, 11) is 2.19. The fraction of sp³-hybridized carbons (Fsp3) is 0.692. The molecule has 0 aliphatic carbocycles. The van der Waals surface area contributed by atoms with E-state index >= 15 is 0 Å². The van der Waals surface area contributed by atoms with Crippen molar-refractivity contribution in [3.05, 3.63) is 21.4 Å². The second kappa shape index (κ2) is 6.38. The Morgan fingerprint density at radius 1 is 1.44 bits per heavy atom. The lowest BCUT2D eigenvalue weighted by molar-refractivity contribution is 0.265. The number of hydrogen-bond donors (Lipinski definition) is 1. The van der Waals surface area contributed by atoms with Crippen LogP contribution in [0.4, 0.5) is 0 Å². The van der Waals surface area contributed by atoms with E-state index in [-0.39, 0.29) is 0 Å². The molecule has 0 saturated heterocycles. The molecule has 0 aromatic carbocycles. The van der Waals surface area contributed by atoms with E-state index in [0.717, 1.165) is 19.6 Å². The zero-order valence-corrected chi connectivity index (χ0v) is 11.9. The first-order valence-corrected chi connectivity index (χ1v) is 6.85. The summed E-state index contributed by atoms with van der Waals surface area (Å²) < 4.78 is 0. The summed E-state index contributed by atoms with van der Waals surface area (Å²) in [5.74, 6) is 0. The van der Waals surface area contributed by atoms with E-state index in [0.29, 0.717) is 6.04 Å². The van der Waals surface area contributed by atoms with Crippen LogP contribution in [0.15, 0.2) is 6.07 Å². The minimum Gasteiger partial charge on any atom is -0.312 e. The average molecular weight is 240 g/mol. The SMILES string of the molecule is CCNCc1cc(CN(C)C(C)C)c(C)s1. The first-order chi connectivity index (χ1) is 7.54. The third kappa shape index (κ3) is 3.89. The van der Waals surface area contributed by atoms with E-state index in [1.54, 1.807) is 0 Å². The van der Waals surface area contributed by atoms with E-state index in [1.165, 1.54) is 15.3 Å². The summed E-state index contributed by atoms with van der Waals surface area (Å²) in [6.07, 6.45) is 0. The first-order valence-electron chi connectivity index (χ1n) is 6.03. The van der Waals surface area contributed by atoms with Crippen LogP contribution in [0.1, 0.15) is 36.1 Å². The Morgan fingerprint density at radius 2 is 2.12 bits per heavy atom. The van der Waals surface area contributed by atoms with E-state index < -0.39 is 0 Å². The van der Waals surface area contributed by atoms with Gasteiger partial charge in [0.2, 0.25) is 0 Å². The van der Waals surface area contributed by atoms with Gasteiger partial charge in [-0.2, -0.15) is 0 Å². The molecule has 92 valence electrons. The molecule has 0 unspecified atom stereocenters. The normalized spacial score (nSPS) is 11.7. The molecule has 1 rings (SSSR count). The maximum absolute atomic E-state index is 3.38. The minimum absolute atomic E-state index is 0.608. The minimum atomic E-state index is 0.608. The van der Waals surface area contributed by atoms with Crippen LogP contribution in [0.3, 0.4) is 0 Å². The van der Waals surface area contributed by atoms with Gasteiger partial charge in [0.1, 0.15) is 0 Å². The monoisotopic (exact) mass is 240 g/mol. The Labute approximate surface area is 104 Å². The van der Waals surface area contributed by atoms with Gasteiger partial charge in [-0.05, 0) is 46.0 Å². The predicted octanol–water partition coefficient (Wildman–Crippen LogP) is 3.01. The van der Waals surface area contributed by atoms with Gasteiger partial charge >= 0.3 is 0 Å². The molecule has 0 amide bonds. The molecule has 0 spiro atoms. The van der Waals surface area contributed by atoms with Crippen LogP contribution in [-0.2, 0) is 13.1 Å². The highest BCUT2D eigenvalue weighted by Crippen LogP contribution is 2.23. The van der Waals surface area contributed by atoms with Crippen molar-refractivity contribution in [2.24, 2.45) is 0 Å². The molecule has 0 atom stereocenters. The van der Waals surface area contributed by atoms with Gasteiger partial charge in [0.05, 0.1) is 0 Å². The average Bonchev–Trinajstić information content (AvgIpc) is 2.56. The fourth-order valence-corrected chi connectivity index (χ4v) is 2.55. The number of nitrogens with one attached hydrogen (secondary N) is 1. The van der Waals surface area contributed by atoms with Gasteiger partial charge in [0.15, 0.2) is 0 Å². The Kier molecular flexibility index (Phi) is 5.46. The van der Waals surface area contributed by atoms with Crippen LogP contribution in [0.2, 0.25) is 0 Å². The fourth-order valence-electron chi connectivity index (χ4n) is 1.53. The molecule has 1 aromatic rings. The van der Waals surface area contributed by atoms with Crippen molar-refractivity contribution in [2.75, 3.05) is 13.6 Å². The molecule has 0 bridgehead atoms. The Bertz CT molecular complexity index is 318. The van der Waals surface area contributed by atoms with Crippen molar-refractivity contribution in [3.63, 3.8) is 0 Å². The van der Waals surface area contributed by atoms with E-state index in [4.69, 9.17) is 0 Å². The van der Waals surface area contributed by atoms with Crippen LogP contribution < -0.4 is 5.32 Å². The molecule has 0 aliphatic rings. The number of thiophene rings is 1. The van der Waals surface area contributed by atoms with Gasteiger partial charge in [-0.25, -0.2) is 0 Å². The third-order valence-electron chi connectivity index (χ3n) is 2.92. The van der Waals surface area contributed by atoms with Crippen LogP contribution in [-0.4, -0.2) is 24.5 Å². The van der Waals surface area contributed by atoms with Crippen molar-refractivity contribution in [1.82, 2.24) is 10.2 Å². The lowest BCUT2D eigenvalue weighted by atomic mass is 10.2. The molecular weight excluding hydrogens is 216 g/mol. The number of hydrogen-bond acceptors (Lipinski definition) is 3. The highest BCUT2D eigenvalue weighted by atomic mass is 32.1. The molecule has 0 aliphatic heterocycles. The molecule has 2 nitrogen and oxygen atoms in total. The van der Waals surface area contributed by atoms with Gasteiger partial charge < -0.3 is 5.32 Å². The Balaban J connectivity index is 2.62. The molecule has 1 aromatic heterocycles. The van der Waals surface area contributed by atoms with Crippen LogP contribution >= 0.6 is 11.3 Å². The van der Waals surface area contributed by atoms with Crippen molar-refractivity contribution >= 4 is 11.3 Å². The second-order valence-electron chi connectivity index (χ2n) is 4.58. The van der Waals surface area contributed by atoms with Crippen LogP contribution in [0, 0.1) is 6.92 Å². The smallest absolute Gasteiger partial charge is 0.0299 e. The zero-order chi connectivity index (χ0) is 12.1. The topological polar surface area (TPSA) is 15.3 Å². The Morgan fingerprint density at radius 3 is 2.69 bits per heavy atom. The largest absolute Gasteiger partial charge is 0.312 e. The summed E-state index contributed by atoms with van der Waals surface area (Å²) in [4.78, 5) is 5.29. The highest BCUT2D eigenvalue weighted by Gasteiger charge is 2.09. The van der Waals surface area contributed by atoms with Gasteiger partial charge in [0, 0.05) is 28.9 Å². The lowest BCUT2D eigenvalue weighted by Gasteiger charge is -2.20. The molecule has 1 N–H and O–H groups in total. The van der Waals surface area contributed by atoms with Gasteiger partial charge in [-0.3, -0.25) is 4.90 Å². The van der Waals surface area contributed by atoms with Gasteiger partial charge in [-0.15, -0.1) is 11.3 Å². The van der Waals surface area contributed by atoms with E-state index in [9.17, 15) is 0 Å². The third-order valence-corrected chi connectivity index (χ3v) is 4.01. The molecule has 3 heteroatoms. The number of aryl methyl sites for hydroxylation is 1. The van der Waals surface area contributed by atoms with E-state index in [2.05, 4.69) is 51.0 Å². The maximum atomic E-state index is 3.38. The number of rotatable bonds is 6. The second-order valence-corrected chi connectivity index (χ2v) is 5.92. The molecule has 0 fully saturated rings.